The Labute approximate surface area is 107 Å². The number of hydrogen-bond donors (Lipinski definition) is 2. The first kappa shape index (κ1) is 15.3. The van der Waals surface area contributed by atoms with Crippen LogP contribution in [0.15, 0.2) is 0 Å². The summed E-state index contributed by atoms with van der Waals surface area (Å²) in [4.78, 5) is 12.1. The van der Waals surface area contributed by atoms with Gasteiger partial charge < -0.3 is 11.1 Å². The van der Waals surface area contributed by atoms with Gasteiger partial charge in [-0.3, -0.25) is 4.79 Å². The average molecular weight is 262 g/mol. The number of carbonyl (C=O) groups excluding carboxylic acids is 1. The number of nitrogens with one attached hydrogen (secondary N) is 1. The van der Waals surface area contributed by atoms with E-state index in [1.807, 2.05) is 13.8 Å². The number of nitrogens with two attached hydrogens (primary N) is 1. The van der Waals surface area contributed by atoms with Crippen molar-refractivity contribution in [2.24, 2.45) is 11.7 Å². The van der Waals surface area contributed by atoms with E-state index < -0.39 is 5.92 Å². The highest BCUT2D eigenvalue weighted by Crippen LogP contribution is 2.36. The maximum atomic E-state index is 13.0. The summed E-state index contributed by atoms with van der Waals surface area (Å²) in [7, 11) is 0. The largest absolute Gasteiger partial charge is 0.351 e. The van der Waals surface area contributed by atoms with Gasteiger partial charge in [0.1, 0.15) is 0 Å². The number of amides is 1. The van der Waals surface area contributed by atoms with E-state index in [1.165, 1.54) is 0 Å². The van der Waals surface area contributed by atoms with Gasteiger partial charge in [-0.1, -0.05) is 6.92 Å². The van der Waals surface area contributed by atoms with Crippen LogP contribution in [0, 0.1) is 5.92 Å². The molecule has 1 aliphatic carbocycles. The summed E-state index contributed by atoms with van der Waals surface area (Å²) in [6.45, 7) is 4.45. The first-order chi connectivity index (χ1) is 8.32. The summed E-state index contributed by atoms with van der Waals surface area (Å²) in [5, 5.41) is 2.98. The Hall–Kier alpha value is -0.710. The van der Waals surface area contributed by atoms with Crippen LogP contribution in [-0.4, -0.2) is 23.9 Å². The first-order valence-electron chi connectivity index (χ1n) is 6.72. The third-order valence-corrected chi connectivity index (χ3v) is 3.99. The van der Waals surface area contributed by atoms with Crippen LogP contribution in [0.1, 0.15) is 52.4 Å². The molecule has 1 rings (SSSR count). The Morgan fingerprint density at radius 3 is 2.44 bits per heavy atom. The monoisotopic (exact) mass is 262 g/mol. The minimum atomic E-state index is -2.58. The van der Waals surface area contributed by atoms with Gasteiger partial charge in [0.05, 0.1) is 0 Å². The normalized spacial score (nSPS) is 23.4. The molecular formula is C13H24F2N2O. The lowest BCUT2D eigenvalue weighted by molar-refractivity contribution is -0.131. The van der Waals surface area contributed by atoms with Gasteiger partial charge in [0, 0.05) is 24.3 Å². The summed E-state index contributed by atoms with van der Waals surface area (Å²) >= 11 is 0. The van der Waals surface area contributed by atoms with Crippen molar-refractivity contribution in [3.05, 3.63) is 0 Å². The average Bonchev–Trinajstić information content (AvgIpc) is 2.29. The summed E-state index contributed by atoms with van der Waals surface area (Å²) in [5.41, 5.74) is 5.22. The van der Waals surface area contributed by atoms with Crippen LogP contribution in [-0.2, 0) is 4.79 Å². The van der Waals surface area contributed by atoms with Crippen LogP contribution in [0.5, 0.6) is 0 Å². The van der Waals surface area contributed by atoms with E-state index in [2.05, 4.69) is 5.32 Å². The molecule has 0 aromatic rings. The molecule has 1 saturated carbocycles. The zero-order valence-electron chi connectivity index (χ0n) is 11.3. The molecule has 1 fully saturated rings. The van der Waals surface area contributed by atoms with E-state index in [1.54, 1.807) is 0 Å². The van der Waals surface area contributed by atoms with Crippen molar-refractivity contribution in [1.82, 2.24) is 5.32 Å². The SMILES string of the molecule is CCC(C)(CCN)NC(=O)C1CCC(F)(F)CC1. The van der Waals surface area contributed by atoms with Crippen LogP contribution in [0.2, 0.25) is 0 Å². The second-order valence-electron chi connectivity index (χ2n) is 5.57. The van der Waals surface area contributed by atoms with Gasteiger partial charge in [-0.2, -0.15) is 0 Å². The third kappa shape index (κ3) is 4.19. The van der Waals surface area contributed by atoms with Gasteiger partial charge in [-0.05, 0) is 39.2 Å². The van der Waals surface area contributed by atoms with Crippen LogP contribution in [0.25, 0.3) is 0 Å². The molecule has 1 atom stereocenters. The molecule has 106 valence electrons. The number of alkyl halides is 2. The van der Waals surface area contributed by atoms with Crippen molar-refractivity contribution < 1.29 is 13.6 Å². The van der Waals surface area contributed by atoms with Crippen molar-refractivity contribution in [1.29, 1.82) is 0 Å². The maximum Gasteiger partial charge on any atom is 0.248 e. The number of halogens is 2. The number of carbonyl (C=O) groups is 1. The second kappa shape index (κ2) is 5.95. The zero-order chi connectivity index (χ0) is 13.8. The first-order valence-corrected chi connectivity index (χ1v) is 6.72. The second-order valence-corrected chi connectivity index (χ2v) is 5.57. The van der Waals surface area contributed by atoms with E-state index in [0.717, 1.165) is 6.42 Å². The van der Waals surface area contributed by atoms with Crippen molar-refractivity contribution in [2.75, 3.05) is 6.54 Å². The molecule has 0 heterocycles. The van der Waals surface area contributed by atoms with E-state index in [4.69, 9.17) is 5.73 Å². The highest BCUT2D eigenvalue weighted by Gasteiger charge is 2.38. The van der Waals surface area contributed by atoms with E-state index >= 15 is 0 Å². The molecule has 0 bridgehead atoms. The molecule has 3 N–H and O–H groups in total. The summed E-state index contributed by atoms with van der Waals surface area (Å²) < 4.78 is 26.0. The standard InChI is InChI=1S/C13H24F2N2O/c1-3-12(2,8-9-16)17-11(18)10-4-6-13(14,15)7-5-10/h10H,3-9,16H2,1-2H3,(H,17,18). The molecule has 0 aliphatic heterocycles. The van der Waals surface area contributed by atoms with E-state index in [-0.39, 0.29) is 43.0 Å². The summed E-state index contributed by atoms with van der Waals surface area (Å²) in [5.74, 6) is -2.95. The Bertz CT molecular complexity index is 287. The zero-order valence-corrected chi connectivity index (χ0v) is 11.3. The van der Waals surface area contributed by atoms with Gasteiger partial charge in [0.25, 0.3) is 0 Å². The molecule has 1 unspecified atom stereocenters. The van der Waals surface area contributed by atoms with E-state index in [0.29, 0.717) is 13.0 Å². The minimum Gasteiger partial charge on any atom is -0.351 e. The Kier molecular flexibility index (Phi) is 5.08. The van der Waals surface area contributed by atoms with Crippen LogP contribution >= 0.6 is 0 Å². The highest BCUT2D eigenvalue weighted by molar-refractivity contribution is 5.79. The molecular weight excluding hydrogens is 238 g/mol. The molecule has 0 aromatic carbocycles. The van der Waals surface area contributed by atoms with Crippen molar-refractivity contribution in [2.45, 2.75) is 63.8 Å². The molecule has 0 spiro atoms. The molecule has 1 amide bonds. The summed E-state index contributed by atoms with van der Waals surface area (Å²) in [6.07, 6.45) is 1.70. The quantitative estimate of drug-likeness (QED) is 0.799. The molecule has 5 heteroatoms. The number of hydrogen-bond acceptors (Lipinski definition) is 2. The van der Waals surface area contributed by atoms with Crippen molar-refractivity contribution >= 4 is 5.91 Å². The third-order valence-electron chi connectivity index (χ3n) is 3.99. The molecule has 0 aromatic heterocycles. The fourth-order valence-corrected chi connectivity index (χ4v) is 2.35. The fourth-order valence-electron chi connectivity index (χ4n) is 2.35. The fraction of sp³-hybridized carbons (Fsp3) is 0.923. The minimum absolute atomic E-state index is 0.0942. The van der Waals surface area contributed by atoms with Crippen LogP contribution in [0.4, 0.5) is 8.78 Å². The lowest BCUT2D eigenvalue weighted by atomic mass is 9.85. The maximum absolute atomic E-state index is 13.0. The lowest BCUT2D eigenvalue weighted by Gasteiger charge is -2.33. The molecule has 1 aliphatic rings. The Morgan fingerprint density at radius 2 is 2.00 bits per heavy atom. The predicted molar refractivity (Wildman–Crippen MR) is 67.4 cm³/mol. The molecule has 0 saturated heterocycles. The molecule has 0 radical (unpaired) electrons. The van der Waals surface area contributed by atoms with Crippen LogP contribution < -0.4 is 11.1 Å². The molecule has 3 nitrogen and oxygen atoms in total. The highest BCUT2D eigenvalue weighted by atomic mass is 19.3. The van der Waals surface area contributed by atoms with E-state index in [9.17, 15) is 13.6 Å². The van der Waals surface area contributed by atoms with Gasteiger partial charge >= 0.3 is 0 Å². The molecule has 18 heavy (non-hydrogen) atoms. The number of rotatable bonds is 5. The smallest absolute Gasteiger partial charge is 0.248 e. The summed E-state index contributed by atoms with van der Waals surface area (Å²) in [6, 6.07) is 0. The Balaban J connectivity index is 2.50. The van der Waals surface area contributed by atoms with Crippen LogP contribution in [0.3, 0.4) is 0 Å². The topological polar surface area (TPSA) is 55.1 Å². The van der Waals surface area contributed by atoms with Gasteiger partial charge in [-0.25, -0.2) is 8.78 Å². The van der Waals surface area contributed by atoms with Gasteiger partial charge in [-0.15, -0.1) is 0 Å². The van der Waals surface area contributed by atoms with Gasteiger partial charge in [0.15, 0.2) is 0 Å². The lowest BCUT2D eigenvalue weighted by Crippen LogP contribution is -2.49. The Morgan fingerprint density at radius 1 is 1.44 bits per heavy atom. The predicted octanol–water partition coefficient (Wildman–Crippen LogP) is 2.45. The van der Waals surface area contributed by atoms with Gasteiger partial charge in [0.2, 0.25) is 11.8 Å². The van der Waals surface area contributed by atoms with Crippen molar-refractivity contribution in [3.8, 4) is 0 Å². The van der Waals surface area contributed by atoms with Crippen molar-refractivity contribution in [3.63, 3.8) is 0 Å².